The molecule has 0 saturated heterocycles. The number of hydrogen-bond donors (Lipinski definition) is 1. The number of amides is 1. The van der Waals surface area contributed by atoms with E-state index in [9.17, 15) is 4.79 Å². The lowest BCUT2D eigenvalue weighted by Crippen LogP contribution is -2.25. The topological polar surface area (TPSA) is 60.1 Å². The van der Waals surface area contributed by atoms with Crippen LogP contribution in [0.15, 0.2) is 53.2 Å². The van der Waals surface area contributed by atoms with Gasteiger partial charge in [0.2, 0.25) is 5.91 Å². The molecule has 0 unspecified atom stereocenters. The number of para-hydroxylation sites is 2. The highest BCUT2D eigenvalue weighted by Gasteiger charge is 2.06. The van der Waals surface area contributed by atoms with Gasteiger partial charge in [-0.3, -0.25) is 4.79 Å². The zero-order valence-corrected chi connectivity index (χ0v) is 12.3. The largest absolute Gasteiger partial charge is 0.465 e. The molecule has 1 aromatic carbocycles. The zero-order valence-electron chi connectivity index (χ0n) is 12.3. The summed E-state index contributed by atoms with van der Waals surface area (Å²) in [6, 6.07) is 11.6. The molecular formula is C17H17N3O2. The number of nitrogens with zero attached hydrogens (tertiary/aromatic N) is 2. The number of rotatable bonds is 5. The summed E-state index contributed by atoms with van der Waals surface area (Å²) in [5.41, 5.74) is 2.06. The fourth-order valence-corrected chi connectivity index (χ4v) is 2.37. The van der Waals surface area contributed by atoms with Crippen LogP contribution in [0.5, 0.6) is 0 Å². The van der Waals surface area contributed by atoms with Crippen LogP contribution >= 0.6 is 0 Å². The van der Waals surface area contributed by atoms with Crippen LogP contribution in [0.2, 0.25) is 0 Å². The van der Waals surface area contributed by atoms with Gasteiger partial charge in [0, 0.05) is 19.2 Å². The molecule has 0 aliphatic heterocycles. The van der Waals surface area contributed by atoms with Gasteiger partial charge in [0.15, 0.2) is 0 Å². The molecule has 0 fully saturated rings. The fraction of sp³-hybridized carbons (Fsp3) is 0.176. The van der Waals surface area contributed by atoms with E-state index >= 15 is 0 Å². The Hall–Kier alpha value is -2.82. The number of imidazole rings is 1. The fourth-order valence-electron chi connectivity index (χ4n) is 2.37. The molecule has 0 atom stereocenters. The van der Waals surface area contributed by atoms with Crippen LogP contribution in [-0.4, -0.2) is 22.0 Å². The van der Waals surface area contributed by atoms with E-state index in [0.717, 1.165) is 16.9 Å². The molecule has 5 heteroatoms. The summed E-state index contributed by atoms with van der Waals surface area (Å²) in [5.74, 6) is 1.46. The van der Waals surface area contributed by atoms with Gasteiger partial charge in [0.25, 0.3) is 0 Å². The Morgan fingerprint density at radius 3 is 3.00 bits per heavy atom. The van der Waals surface area contributed by atoms with Crippen molar-refractivity contribution in [3.8, 4) is 0 Å². The Kier molecular flexibility index (Phi) is 4.05. The van der Waals surface area contributed by atoms with Gasteiger partial charge >= 0.3 is 0 Å². The Morgan fingerprint density at radius 2 is 2.18 bits per heavy atom. The third kappa shape index (κ3) is 3.09. The van der Waals surface area contributed by atoms with Crippen molar-refractivity contribution in [2.45, 2.75) is 13.5 Å². The van der Waals surface area contributed by atoms with Gasteiger partial charge in [-0.25, -0.2) is 4.98 Å². The molecule has 0 spiro atoms. The summed E-state index contributed by atoms with van der Waals surface area (Å²) in [6.07, 6.45) is 4.69. The number of carbonyl (C=O) groups is 1. The summed E-state index contributed by atoms with van der Waals surface area (Å²) < 4.78 is 7.24. The summed E-state index contributed by atoms with van der Waals surface area (Å²) in [7, 11) is 0. The minimum atomic E-state index is -0.140. The summed E-state index contributed by atoms with van der Waals surface area (Å²) in [4.78, 5) is 16.3. The molecule has 3 aromatic rings. The summed E-state index contributed by atoms with van der Waals surface area (Å²) >= 11 is 0. The SMILES string of the molecule is Cc1nc2ccccc2n1CCNC(=O)/C=C/c1ccco1. The highest BCUT2D eigenvalue weighted by atomic mass is 16.3. The van der Waals surface area contributed by atoms with Crippen molar-refractivity contribution in [1.82, 2.24) is 14.9 Å². The first-order chi connectivity index (χ1) is 10.7. The maximum atomic E-state index is 11.8. The highest BCUT2D eigenvalue weighted by molar-refractivity contribution is 5.91. The van der Waals surface area contributed by atoms with E-state index < -0.39 is 0 Å². The quantitative estimate of drug-likeness (QED) is 0.736. The predicted molar refractivity (Wildman–Crippen MR) is 85.2 cm³/mol. The smallest absolute Gasteiger partial charge is 0.244 e. The summed E-state index contributed by atoms with van der Waals surface area (Å²) in [6.45, 7) is 3.20. The monoisotopic (exact) mass is 295 g/mol. The molecule has 3 rings (SSSR count). The molecule has 2 heterocycles. The first-order valence-electron chi connectivity index (χ1n) is 7.15. The molecule has 0 bridgehead atoms. The number of furan rings is 1. The van der Waals surface area contributed by atoms with Crippen LogP contribution in [0.1, 0.15) is 11.6 Å². The molecule has 2 aromatic heterocycles. The maximum absolute atomic E-state index is 11.8. The van der Waals surface area contributed by atoms with Crippen molar-refractivity contribution in [1.29, 1.82) is 0 Å². The second-order valence-electron chi connectivity index (χ2n) is 4.94. The van der Waals surface area contributed by atoms with Gasteiger partial charge < -0.3 is 14.3 Å². The van der Waals surface area contributed by atoms with E-state index in [4.69, 9.17) is 4.42 Å². The number of nitrogens with one attached hydrogen (secondary N) is 1. The third-order valence-corrected chi connectivity index (χ3v) is 3.42. The second-order valence-corrected chi connectivity index (χ2v) is 4.94. The van der Waals surface area contributed by atoms with E-state index in [2.05, 4.69) is 14.9 Å². The number of fused-ring (bicyclic) bond motifs is 1. The van der Waals surface area contributed by atoms with Crippen LogP contribution in [0, 0.1) is 6.92 Å². The van der Waals surface area contributed by atoms with Crippen LogP contribution in [-0.2, 0) is 11.3 Å². The van der Waals surface area contributed by atoms with Crippen molar-refractivity contribution in [3.05, 3.63) is 60.3 Å². The Balaban J connectivity index is 1.58. The van der Waals surface area contributed by atoms with Crippen molar-refractivity contribution in [2.24, 2.45) is 0 Å². The van der Waals surface area contributed by atoms with Crippen LogP contribution in [0.3, 0.4) is 0 Å². The standard InChI is InChI=1S/C17H17N3O2/c1-13-19-15-6-2-3-7-16(15)20(13)11-10-18-17(21)9-8-14-5-4-12-22-14/h2-9,12H,10-11H2,1H3,(H,18,21)/b9-8+. The summed E-state index contributed by atoms with van der Waals surface area (Å²) in [5, 5.41) is 2.86. The van der Waals surface area contributed by atoms with Crippen LogP contribution in [0.4, 0.5) is 0 Å². The lowest BCUT2D eigenvalue weighted by atomic mass is 10.3. The number of hydrogen-bond acceptors (Lipinski definition) is 3. The minimum Gasteiger partial charge on any atom is -0.465 e. The number of benzene rings is 1. The number of aromatic nitrogens is 2. The molecule has 0 aliphatic rings. The lowest BCUT2D eigenvalue weighted by Gasteiger charge is -2.07. The predicted octanol–water partition coefficient (Wildman–Crippen LogP) is 2.77. The van der Waals surface area contributed by atoms with E-state index in [1.165, 1.54) is 6.08 Å². The highest BCUT2D eigenvalue weighted by Crippen LogP contribution is 2.14. The van der Waals surface area contributed by atoms with Crippen molar-refractivity contribution < 1.29 is 9.21 Å². The van der Waals surface area contributed by atoms with Crippen molar-refractivity contribution >= 4 is 23.0 Å². The van der Waals surface area contributed by atoms with E-state index in [0.29, 0.717) is 18.8 Å². The van der Waals surface area contributed by atoms with E-state index in [-0.39, 0.29) is 5.91 Å². The number of aryl methyl sites for hydroxylation is 1. The van der Waals surface area contributed by atoms with E-state index in [1.54, 1.807) is 24.5 Å². The Labute approximate surface area is 128 Å². The van der Waals surface area contributed by atoms with Gasteiger partial charge in [0.05, 0.1) is 17.3 Å². The average Bonchev–Trinajstić information content (AvgIpc) is 3.13. The van der Waals surface area contributed by atoms with Crippen LogP contribution in [0.25, 0.3) is 17.1 Å². The van der Waals surface area contributed by atoms with Crippen molar-refractivity contribution in [3.63, 3.8) is 0 Å². The second kappa shape index (κ2) is 6.30. The zero-order chi connectivity index (χ0) is 15.4. The van der Waals surface area contributed by atoms with Gasteiger partial charge in [-0.15, -0.1) is 0 Å². The lowest BCUT2D eigenvalue weighted by molar-refractivity contribution is -0.116. The molecule has 5 nitrogen and oxygen atoms in total. The van der Waals surface area contributed by atoms with Gasteiger partial charge in [0.1, 0.15) is 11.6 Å². The van der Waals surface area contributed by atoms with Gasteiger partial charge in [-0.05, 0) is 37.3 Å². The molecule has 0 radical (unpaired) electrons. The molecule has 22 heavy (non-hydrogen) atoms. The number of carbonyl (C=O) groups excluding carboxylic acids is 1. The molecular weight excluding hydrogens is 278 g/mol. The van der Waals surface area contributed by atoms with E-state index in [1.807, 2.05) is 31.2 Å². The van der Waals surface area contributed by atoms with Gasteiger partial charge in [-0.2, -0.15) is 0 Å². The minimum absolute atomic E-state index is 0.140. The molecule has 0 saturated carbocycles. The third-order valence-electron chi connectivity index (χ3n) is 3.42. The Morgan fingerprint density at radius 1 is 1.32 bits per heavy atom. The first-order valence-corrected chi connectivity index (χ1v) is 7.15. The van der Waals surface area contributed by atoms with Crippen LogP contribution < -0.4 is 5.32 Å². The molecule has 0 aliphatic carbocycles. The van der Waals surface area contributed by atoms with Crippen molar-refractivity contribution in [2.75, 3.05) is 6.54 Å². The normalized spacial score (nSPS) is 11.3. The molecule has 1 N–H and O–H groups in total. The first kappa shape index (κ1) is 14.1. The molecule has 112 valence electrons. The molecule has 1 amide bonds. The average molecular weight is 295 g/mol. The maximum Gasteiger partial charge on any atom is 0.244 e. The van der Waals surface area contributed by atoms with Gasteiger partial charge in [-0.1, -0.05) is 12.1 Å². The Bertz CT molecular complexity index is 801.